The van der Waals surface area contributed by atoms with Crippen LogP contribution in [0.3, 0.4) is 0 Å². The summed E-state index contributed by atoms with van der Waals surface area (Å²) < 4.78 is 1.52. The molecule has 0 fully saturated rings. The first-order valence-corrected chi connectivity index (χ1v) is 11.2. The maximum Gasteiger partial charge on any atom is 0.253 e. The molecule has 0 radical (unpaired) electrons. The standard InChI is InChI=1S/C23H17ClN4O2S/c24-17-8-6-14(7-9-17)16-10-19-18(20(29)11-16)12-28-22(25-19)26-23(27-28)31-13-21(30)15-4-2-1-3-5-15/h1-9,12,16H,10-11,13H2/t16-/m1/s1. The van der Waals surface area contributed by atoms with Gasteiger partial charge in [-0.1, -0.05) is 65.8 Å². The lowest BCUT2D eigenvalue weighted by molar-refractivity contribution is 0.0961. The van der Waals surface area contributed by atoms with Crippen molar-refractivity contribution in [3.63, 3.8) is 0 Å². The van der Waals surface area contributed by atoms with Crippen molar-refractivity contribution in [2.75, 3.05) is 5.75 Å². The normalized spacial score (nSPS) is 15.8. The van der Waals surface area contributed by atoms with Gasteiger partial charge in [0.1, 0.15) is 0 Å². The van der Waals surface area contributed by atoms with E-state index in [1.54, 1.807) is 18.3 Å². The predicted molar refractivity (Wildman–Crippen MR) is 119 cm³/mol. The van der Waals surface area contributed by atoms with Crippen LogP contribution in [-0.4, -0.2) is 36.9 Å². The SMILES string of the molecule is O=C(CSc1nc2nc3c(cn2n1)C(=O)C[C@H](c1ccc(Cl)cc1)C3)c1ccccc1. The minimum Gasteiger partial charge on any atom is -0.294 e. The molecule has 0 bridgehead atoms. The molecule has 154 valence electrons. The number of rotatable bonds is 5. The highest BCUT2D eigenvalue weighted by atomic mass is 35.5. The number of carbonyl (C=O) groups excluding carboxylic acids is 2. The Labute approximate surface area is 187 Å². The van der Waals surface area contributed by atoms with Crippen molar-refractivity contribution >= 4 is 40.7 Å². The van der Waals surface area contributed by atoms with Crippen LogP contribution in [0.2, 0.25) is 5.02 Å². The predicted octanol–water partition coefficient (Wildman–Crippen LogP) is 4.67. The van der Waals surface area contributed by atoms with E-state index in [-0.39, 0.29) is 23.2 Å². The summed E-state index contributed by atoms with van der Waals surface area (Å²) in [5.41, 5.74) is 3.04. The van der Waals surface area contributed by atoms with Crippen LogP contribution in [-0.2, 0) is 6.42 Å². The van der Waals surface area contributed by atoms with Crippen molar-refractivity contribution in [2.45, 2.75) is 23.9 Å². The van der Waals surface area contributed by atoms with Crippen LogP contribution in [0.1, 0.15) is 44.3 Å². The quantitative estimate of drug-likeness (QED) is 0.326. The number of thioether (sulfide) groups is 1. The van der Waals surface area contributed by atoms with E-state index in [4.69, 9.17) is 11.6 Å². The van der Waals surface area contributed by atoms with Crippen LogP contribution in [0, 0.1) is 0 Å². The molecule has 0 aliphatic heterocycles. The fourth-order valence-electron chi connectivity index (χ4n) is 3.73. The average Bonchev–Trinajstić information content (AvgIpc) is 3.19. The Morgan fingerprint density at radius 1 is 1.06 bits per heavy atom. The number of hydrogen-bond acceptors (Lipinski definition) is 6. The van der Waals surface area contributed by atoms with Gasteiger partial charge in [-0.2, -0.15) is 4.98 Å². The van der Waals surface area contributed by atoms with Gasteiger partial charge in [0.05, 0.1) is 17.0 Å². The van der Waals surface area contributed by atoms with Crippen LogP contribution in [0.4, 0.5) is 0 Å². The largest absolute Gasteiger partial charge is 0.294 e. The summed E-state index contributed by atoms with van der Waals surface area (Å²) in [4.78, 5) is 34.2. The van der Waals surface area contributed by atoms with Crippen LogP contribution >= 0.6 is 23.4 Å². The second-order valence-corrected chi connectivity index (χ2v) is 8.78. The molecule has 2 heterocycles. The summed E-state index contributed by atoms with van der Waals surface area (Å²) >= 11 is 7.25. The smallest absolute Gasteiger partial charge is 0.253 e. The maximum atomic E-state index is 12.8. The molecular weight excluding hydrogens is 432 g/mol. The zero-order chi connectivity index (χ0) is 21.4. The first-order chi connectivity index (χ1) is 15.1. The zero-order valence-corrected chi connectivity index (χ0v) is 17.9. The minimum absolute atomic E-state index is 0.0118. The van der Waals surface area contributed by atoms with Crippen molar-refractivity contribution < 1.29 is 9.59 Å². The summed E-state index contributed by atoms with van der Waals surface area (Å²) in [6, 6.07) is 16.7. The second-order valence-electron chi connectivity index (χ2n) is 7.40. The van der Waals surface area contributed by atoms with Gasteiger partial charge in [0.15, 0.2) is 11.6 Å². The van der Waals surface area contributed by atoms with Gasteiger partial charge in [-0.25, -0.2) is 9.50 Å². The summed E-state index contributed by atoms with van der Waals surface area (Å²) in [6.07, 6.45) is 2.78. The summed E-state index contributed by atoms with van der Waals surface area (Å²) in [7, 11) is 0. The zero-order valence-electron chi connectivity index (χ0n) is 16.4. The van der Waals surface area contributed by atoms with E-state index in [1.165, 1.54) is 16.3 Å². The number of carbonyl (C=O) groups is 2. The highest BCUT2D eigenvalue weighted by Crippen LogP contribution is 2.32. The van der Waals surface area contributed by atoms with Crippen LogP contribution in [0.15, 0.2) is 66.0 Å². The van der Waals surface area contributed by atoms with E-state index >= 15 is 0 Å². The number of Topliss-reactive ketones (excluding diaryl/α,β-unsaturated/α-hetero) is 2. The van der Waals surface area contributed by atoms with Crippen LogP contribution < -0.4 is 0 Å². The molecule has 1 aliphatic carbocycles. The lowest BCUT2D eigenvalue weighted by Gasteiger charge is -2.23. The molecule has 6 nitrogen and oxygen atoms in total. The Kier molecular flexibility index (Phi) is 5.29. The van der Waals surface area contributed by atoms with Crippen LogP contribution in [0.5, 0.6) is 0 Å². The molecule has 0 saturated heterocycles. The summed E-state index contributed by atoms with van der Waals surface area (Å²) in [5.74, 6) is 0.778. The van der Waals surface area contributed by atoms with Crippen molar-refractivity contribution in [3.8, 4) is 0 Å². The Hall–Kier alpha value is -3.03. The lowest BCUT2D eigenvalue weighted by Crippen LogP contribution is -2.21. The average molecular weight is 449 g/mol. The molecule has 0 unspecified atom stereocenters. The molecule has 8 heteroatoms. The van der Waals surface area contributed by atoms with Crippen molar-refractivity contribution in [1.82, 2.24) is 19.6 Å². The molecular formula is C23H17ClN4O2S. The fraction of sp³-hybridized carbons (Fsp3) is 0.174. The molecule has 4 aromatic rings. The van der Waals surface area contributed by atoms with Crippen molar-refractivity contribution in [1.29, 1.82) is 0 Å². The molecule has 0 saturated carbocycles. The molecule has 1 atom stereocenters. The van der Waals surface area contributed by atoms with Crippen molar-refractivity contribution in [3.05, 3.63) is 88.2 Å². The molecule has 0 N–H and O–H groups in total. The number of aromatic nitrogens is 4. The Bertz CT molecular complexity index is 1290. The second kappa shape index (κ2) is 8.24. The molecule has 2 aromatic heterocycles. The van der Waals surface area contributed by atoms with Gasteiger partial charge in [-0.3, -0.25) is 9.59 Å². The molecule has 2 aromatic carbocycles. The number of ketones is 2. The highest BCUT2D eigenvalue weighted by Gasteiger charge is 2.28. The van der Waals surface area contributed by atoms with E-state index in [1.807, 2.05) is 42.5 Å². The molecule has 0 spiro atoms. The Balaban J connectivity index is 1.37. The number of halogens is 1. The molecule has 5 rings (SSSR count). The third-order valence-corrected chi connectivity index (χ3v) is 6.42. The van der Waals surface area contributed by atoms with E-state index in [2.05, 4.69) is 15.1 Å². The van der Waals surface area contributed by atoms with E-state index in [9.17, 15) is 9.59 Å². The monoisotopic (exact) mass is 448 g/mol. The summed E-state index contributed by atoms with van der Waals surface area (Å²) in [5, 5.41) is 5.53. The third-order valence-electron chi connectivity index (χ3n) is 5.33. The van der Waals surface area contributed by atoms with Gasteiger partial charge >= 0.3 is 0 Å². The number of fused-ring (bicyclic) bond motifs is 2. The molecule has 1 aliphatic rings. The number of benzene rings is 2. The first-order valence-electron chi connectivity index (χ1n) is 9.83. The lowest BCUT2D eigenvalue weighted by atomic mass is 9.82. The van der Waals surface area contributed by atoms with Crippen molar-refractivity contribution in [2.24, 2.45) is 0 Å². The molecule has 31 heavy (non-hydrogen) atoms. The van der Waals surface area contributed by atoms with E-state index in [0.717, 1.165) is 11.3 Å². The van der Waals surface area contributed by atoms with E-state index in [0.29, 0.717) is 39.9 Å². The van der Waals surface area contributed by atoms with E-state index < -0.39 is 0 Å². The Morgan fingerprint density at radius 3 is 2.61 bits per heavy atom. The topological polar surface area (TPSA) is 77.2 Å². The van der Waals surface area contributed by atoms with Gasteiger partial charge in [-0.15, -0.1) is 5.10 Å². The Morgan fingerprint density at radius 2 is 1.84 bits per heavy atom. The van der Waals surface area contributed by atoms with Crippen LogP contribution in [0.25, 0.3) is 5.78 Å². The molecule has 0 amide bonds. The third kappa shape index (κ3) is 4.11. The fourth-order valence-corrected chi connectivity index (χ4v) is 4.58. The number of nitrogens with zero attached hydrogens (tertiary/aromatic N) is 4. The maximum absolute atomic E-state index is 12.8. The minimum atomic E-state index is 0.0118. The van der Waals surface area contributed by atoms with Gasteiger partial charge < -0.3 is 0 Å². The van der Waals surface area contributed by atoms with Gasteiger partial charge in [0, 0.05) is 23.2 Å². The summed E-state index contributed by atoms with van der Waals surface area (Å²) in [6.45, 7) is 0. The number of hydrogen-bond donors (Lipinski definition) is 0. The van der Waals surface area contributed by atoms with Gasteiger partial charge in [-0.05, 0) is 30.0 Å². The highest BCUT2D eigenvalue weighted by molar-refractivity contribution is 7.99. The van der Waals surface area contributed by atoms with Gasteiger partial charge in [0.25, 0.3) is 5.78 Å². The first kappa shape index (κ1) is 19.9. The van der Waals surface area contributed by atoms with Gasteiger partial charge in [0.2, 0.25) is 5.16 Å².